The summed E-state index contributed by atoms with van der Waals surface area (Å²) in [5.41, 5.74) is 6.82. The molecule has 0 amide bonds. The van der Waals surface area contributed by atoms with Crippen molar-refractivity contribution in [2.24, 2.45) is 0 Å². The molecule has 0 saturated carbocycles. The molecule has 2 nitrogen and oxygen atoms in total. The van der Waals surface area contributed by atoms with E-state index in [1.807, 2.05) is 30.3 Å². The quantitative estimate of drug-likeness (QED) is 0.624. The number of nitrogens with two attached hydrogens (primary N) is 1. The van der Waals surface area contributed by atoms with Gasteiger partial charge in [0.05, 0.1) is 12.3 Å². The van der Waals surface area contributed by atoms with E-state index in [0.717, 1.165) is 41.7 Å². The largest absolute Gasteiger partial charge is 0.491 e. The molecular weight excluding hydrogens is 198 g/mol. The molecule has 0 atom stereocenters. The van der Waals surface area contributed by atoms with Gasteiger partial charge in [0.15, 0.2) is 0 Å². The van der Waals surface area contributed by atoms with Gasteiger partial charge in [0, 0.05) is 5.39 Å². The third-order valence-corrected chi connectivity index (χ3v) is 2.69. The van der Waals surface area contributed by atoms with Crippen LogP contribution in [-0.2, 0) is 0 Å². The Kier molecular flexibility index (Phi) is 3.30. The molecule has 16 heavy (non-hydrogen) atoms. The van der Waals surface area contributed by atoms with E-state index in [-0.39, 0.29) is 0 Å². The zero-order valence-corrected chi connectivity index (χ0v) is 9.57. The van der Waals surface area contributed by atoms with Crippen LogP contribution in [-0.4, -0.2) is 6.61 Å². The molecule has 0 radical (unpaired) electrons. The summed E-state index contributed by atoms with van der Waals surface area (Å²) in [7, 11) is 0. The molecule has 2 rings (SSSR count). The maximum Gasteiger partial charge on any atom is 0.142 e. The molecule has 84 valence electrons. The predicted octanol–water partition coefficient (Wildman–Crippen LogP) is 3.60. The second-order valence-corrected chi connectivity index (χ2v) is 3.90. The molecule has 0 saturated heterocycles. The predicted molar refractivity (Wildman–Crippen MR) is 68.8 cm³/mol. The molecule has 0 heterocycles. The molecule has 0 aliphatic carbocycles. The molecular formula is C14H17NO. The van der Waals surface area contributed by atoms with Gasteiger partial charge in [-0.25, -0.2) is 0 Å². The van der Waals surface area contributed by atoms with Crippen molar-refractivity contribution in [1.82, 2.24) is 0 Å². The fourth-order valence-corrected chi connectivity index (χ4v) is 1.73. The molecule has 0 unspecified atom stereocenters. The van der Waals surface area contributed by atoms with Crippen LogP contribution in [0.1, 0.15) is 19.8 Å². The number of nitrogen functional groups attached to an aromatic ring is 1. The molecule has 2 aromatic rings. The molecule has 0 aliphatic heterocycles. The van der Waals surface area contributed by atoms with E-state index < -0.39 is 0 Å². The second kappa shape index (κ2) is 4.88. The van der Waals surface area contributed by atoms with Crippen molar-refractivity contribution < 1.29 is 4.74 Å². The van der Waals surface area contributed by atoms with Gasteiger partial charge in [0.25, 0.3) is 0 Å². The summed E-state index contributed by atoms with van der Waals surface area (Å²) in [5.74, 6) is 0.798. The van der Waals surface area contributed by atoms with E-state index >= 15 is 0 Å². The summed E-state index contributed by atoms with van der Waals surface area (Å²) in [6, 6.07) is 12.1. The summed E-state index contributed by atoms with van der Waals surface area (Å²) in [6.07, 6.45) is 2.19. The molecule has 2 heteroatoms. The van der Waals surface area contributed by atoms with Crippen LogP contribution >= 0.6 is 0 Å². The van der Waals surface area contributed by atoms with Gasteiger partial charge in [-0.2, -0.15) is 0 Å². The number of anilines is 1. The van der Waals surface area contributed by atoms with E-state index in [0.29, 0.717) is 0 Å². The van der Waals surface area contributed by atoms with Crippen molar-refractivity contribution in [3.05, 3.63) is 36.4 Å². The van der Waals surface area contributed by atoms with Crippen LogP contribution in [0.15, 0.2) is 36.4 Å². The van der Waals surface area contributed by atoms with Crippen LogP contribution in [0.4, 0.5) is 5.69 Å². The SMILES string of the molecule is CCCCOc1ccc2ccccc2c1N. The number of benzene rings is 2. The Morgan fingerprint density at radius 2 is 1.94 bits per heavy atom. The molecule has 0 bridgehead atoms. The smallest absolute Gasteiger partial charge is 0.142 e. The van der Waals surface area contributed by atoms with Gasteiger partial charge in [-0.15, -0.1) is 0 Å². The van der Waals surface area contributed by atoms with E-state index in [9.17, 15) is 0 Å². The van der Waals surface area contributed by atoms with Gasteiger partial charge in [-0.3, -0.25) is 0 Å². The number of hydrogen-bond donors (Lipinski definition) is 1. The van der Waals surface area contributed by atoms with Crippen LogP contribution < -0.4 is 10.5 Å². The highest BCUT2D eigenvalue weighted by atomic mass is 16.5. The fourth-order valence-electron chi connectivity index (χ4n) is 1.73. The number of fused-ring (bicyclic) bond motifs is 1. The lowest BCUT2D eigenvalue weighted by Gasteiger charge is -2.10. The molecule has 0 aromatic heterocycles. The summed E-state index contributed by atoms with van der Waals surface area (Å²) in [4.78, 5) is 0. The first-order valence-electron chi connectivity index (χ1n) is 5.73. The van der Waals surface area contributed by atoms with E-state index in [1.54, 1.807) is 0 Å². The van der Waals surface area contributed by atoms with Crippen LogP contribution in [0.2, 0.25) is 0 Å². The lowest BCUT2D eigenvalue weighted by atomic mass is 10.1. The van der Waals surface area contributed by atoms with Gasteiger partial charge < -0.3 is 10.5 Å². The van der Waals surface area contributed by atoms with Crippen molar-refractivity contribution in [1.29, 1.82) is 0 Å². The normalized spacial score (nSPS) is 10.6. The van der Waals surface area contributed by atoms with Crippen LogP contribution in [0.3, 0.4) is 0 Å². The summed E-state index contributed by atoms with van der Waals surface area (Å²) in [5, 5.41) is 2.22. The van der Waals surface area contributed by atoms with Crippen molar-refractivity contribution in [2.45, 2.75) is 19.8 Å². The van der Waals surface area contributed by atoms with Crippen LogP contribution in [0.25, 0.3) is 10.8 Å². The first-order chi connectivity index (χ1) is 7.83. The lowest BCUT2D eigenvalue weighted by Crippen LogP contribution is -2.00. The first kappa shape index (κ1) is 10.8. The molecule has 0 spiro atoms. The monoisotopic (exact) mass is 215 g/mol. The minimum absolute atomic E-state index is 0.735. The number of ether oxygens (including phenoxy) is 1. The Morgan fingerprint density at radius 3 is 2.75 bits per heavy atom. The Labute approximate surface area is 96.0 Å². The van der Waals surface area contributed by atoms with Crippen molar-refractivity contribution in [3.8, 4) is 5.75 Å². The minimum Gasteiger partial charge on any atom is -0.491 e. The zero-order chi connectivity index (χ0) is 11.4. The zero-order valence-electron chi connectivity index (χ0n) is 9.57. The van der Waals surface area contributed by atoms with Crippen molar-refractivity contribution in [2.75, 3.05) is 12.3 Å². The average molecular weight is 215 g/mol. The summed E-state index contributed by atoms with van der Waals surface area (Å²) in [6.45, 7) is 2.88. The number of hydrogen-bond acceptors (Lipinski definition) is 2. The number of unbranched alkanes of at least 4 members (excludes halogenated alkanes) is 1. The Morgan fingerprint density at radius 1 is 1.12 bits per heavy atom. The molecule has 0 fully saturated rings. The third-order valence-electron chi connectivity index (χ3n) is 2.69. The Balaban J connectivity index is 2.29. The van der Waals surface area contributed by atoms with E-state index in [1.165, 1.54) is 0 Å². The van der Waals surface area contributed by atoms with E-state index in [2.05, 4.69) is 13.0 Å². The minimum atomic E-state index is 0.735. The van der Waals surface area contributed by atoms with E-state index in [4.69, 9.17) is 10.5 Å². The van der Waals surface area contributed by atoms with Crippen LogP contribution in [0, 0.1) is 0 Å². The maximum absolute atomic E-state index is 6.08. The fraction of sp³-hybridized carbons (Fsp3) is 0.286. The first-order valence-corrected chi connectivity index (χ1v) is 5.73. The molecule has 0 aliphatic rings. The van der Waals surface area contributed by atoms with Crippen molar-refractivity contribution in [3.63, 3.8) is 0 Å². The summed E-state index contributed by atoms with van der Waals surface area (Å²) >= 11 is 0. The number of rotatable bonds is 4. The maximum atomic E-state index is 6.08. The lowest BCUT2D eigenvalue weighted by molar-refractivity contribution is 0.311. The standard InChI is InChI=1S/C14H17NO/c1-2-3-10-16-13-9-8-11-6-4-5-7-12(11)14(13)15/h4-9H,2-3,10,15H2,1H3. The third kappa shape index (κ3) is 2.11. The topological polar surface area (TPSA) is 35.2 Å². The molecule has 2 N–H and O–H groups in total. The van der Waals surface area contributed by atoms with Gasteiger partial charge in [0.2, 0.25) is 0 Å². The Bertz CT molecular complexity index is 479. The van der Waals surface area contributed by atoms with Crippen LogP contribution in [0.5, 0.6) is 5.75 Å². The average Bonchev–Trinajstić information content (AvgIpc) is 2.33. The van der Waals surface area contributed by atoms with Gasteiger partial charge in [-0.05, 0) is 17.9 Å². The van der Waals surface area contributed by atoms with Gasteiger partial charge >= 0.3 is 0 Å². The van der Waals surface area contributed by atoms with Gasteiger partial charge in [-0.1, -0.05) is 43.7 Å². The summed E-state index contributed by atoms with van der Waals surface area (Å²) < 4.78 is 5.66. The second-order valence-electron chi connectivity index (χ2n) is 3.90. The highest BCUT2D eigenvalue weighted by molar-refractivity contribution is 5.95. The Hall–Kier alpha value is -1.70. The highest BCUT2D eigenvalue weighted by Gasteiger charge is 2.04. The van der Waals surface area contributed by atoms with Gasteiger partial charge in [0.1, 0.15) is 5.75 Å². The molecule has 2 aromatic carbocycles. The van der Waals surface area contributed by atoms with Crippen molar-refractivity contribution >= 4 is 16.5 Å². The highest BCUT2D eigenvalue weighted by Crippen LogP contribution is 2.30.